The maximum atomic E-state index is 10.5. The molecule has 19 heavy (non-hydrogen) atoms. The molecule has 0 saturated heterocycles. The van der Waals surface area contributed by atoms with Crippen LogP contribution in [-0.2, 0) is 6.61 Å². The molecule has 0 bridgehead atoms. The molecule has 1 N–H and O–H groups in total. The molecular formula is C13H10ClNO4. The van der Waals surface area contributed by atoms with Crippen molar-refractivity contribution in [1.82, 2.24) is 0 Å². The Morgan fingerprint density at radius 2 is 1.89 bits per heavy atom. The number of aliphatic hydroxyl groups excluding tert-OH is 1. The summed E-state index contributed by atoms with van der Waals surface area (Å²) in [6, 6.07) is 10.6. The Labute approximate surface area is 114 Å². The first-order valence-corrected chi connectivity index (χ1v) is 5.79. The zero-order valence-corrected chi connectivity index (χ0v) is 10.5. The summed E-state index contributed by atoms with van der Waals surface area (Å²) in [5.74, 6) is 0.906. The fraction of sp³-hybridized carbons (Fsp3) is 0.0769. The smallest absolute Gasteiger partial charge is 0.269 e. The van der Waals surface area contributed by atoms with Crippen molar-refractivity contribution in [3.05, 3.63) is 63.2 Å². The lowest BCUT2D eigenvalue weighted by atomic mass is 10.2. The van der Waals surface area contributed by atoms with Crippen molar-refractivity contribution >= 4 is 17.3 Å². The van der Waals surface area contributed by atoms with Crippen LogP contribution in [0, 0.1) is 10.1 Å². The molecule has 0 atom stereocenters. The minimum Gasteiger partial charge on any atom is -0.457 e. The van der Waals surface area contributed by atoms with Crippen LogP contribution in [0.4, 0.5) is 5.69 Å². The van der Waals surface area contributed by atoms with Gasteiger partial charge in [-0.3, -0.25) is 10.1 Å². The van der Waals surface area contributed by atoms with Gasteiger partial charge in [-0.25, -0.2) is 0 Å². The molecule has 0 spiro atoms. The number of hydrogen-bond donors (Lipinski definition) is 1. The summed E-state index contributed by atoms with van der Waals surface area (Å²) in [5.41, 5.74) is 0.539. The van der Waals surface area contributed by atoms with Crippen molar-refractivity contribution < 1.29 is 14.8 Å². The Morgan fingerprint density at radius 1 is 1.21 bits per heavy atom. The van der Waals surface area contributed by atoms with Gasteiger partial charge in [0.05, 0.1) is 11.5 Å². The molecule has 2 aromatic rings. The van der Waals surface area contributed by atoms with Crippen molar-refractivity contribution in [2.75, 3.05) is 0 Å². The molecule has 6 heteroatoms. The second-order valence-corrected chi connectivity index (χ2v) is 4.20. The molecule has 0 fully saturated rings. The van der Waals surface area contributed by atoms with Gasteiger partial charge in [-0.2, -0.15) is 0 Å². The summed E-state index contributed by atoms with van der Waals surface area (Å²) in [6.07, 6.45) is 0. The summed E-state index contributed by atoms with van der Waals surface area (Å²) in [5, 5.41) is 20.2. The standard InChI is InChI=1S/C13H10ClNO4/c14-10-1-6-13(9(7-10)8-16)19-12-4-2-11(3-5-12)15(17)18/h1-7,16H,8H2. The maximum Gasteiger partial charge on any atom is 0.269 e. The van der Waals surface area contributed by atoms with Crippen LogP contribution >= 0.6 is 11.6 Å². The van der Waals surface area contributed by atoms with Gasteiger partial charge in [0.25, 0.3) is 5.69 Å². The van der Waals surface area contributed by atoms with E-state index in [1.165, 1.54) is 24.3 Å². The third kappa shape index (κ3) is 3.21. The van der Waals surface area contributed by atoms with Crippen molar-refractivity contribution in [2.24, 2.45) is 0 Å². The first kappa shape index (κ1) is 13.3. The first-order valence-electron chi connectivity index (χ1n) is 5.42. The quantitative estimate of drug-likeness (QED) is 0.686. The third-order valence-corrected chi connectivity index (χ3v) is 2.70. The molecule has 2 aromatic carbocycles. The van der Waals surface area contributed by atoms with Crippen molar-refractivity contribution in [3.63, 3.8) is 0 Å². The molecule has 0 amide bonds. The summed E-state index contributed by atoms with van der Waals surface area (Å²) in [7, 11) is 0. The molecule has 0 unspecified atom stereocenters. The lowest BCUT2D eigenvalue weighted by molar-refractivity contribution is -0.384. The lowest BCUT2D eigenvalue weighted by Crippen LogP contribution is -1.92. The Morgan fingerprint density at radius 3 is 2.47 bits per heavy atom. The third-order valence-electron chi connectivity index (χ3n) is 2.47. The zero-order chi connectivity index (χ0) is 13.8. The van der Waals surface area contributed by atoms with Crippen LogP contribution in [0.5, 0.6) is 11.5 Å². The van der Waals surface area contributed by atoms with Crippen LogP contribution in [0.15, 0.2) is 42.5 Å². The molecule has 0 radical (unpaired) electrons. The van der Waals surface area contributed by atoms with E-state index in [1.807, 2.05) is 0 Å². The first-order chi connectivity index (χ1) is 9.10. The van der Waals surface area contributed by atoms with Gasteiger partial charge in [0.2, 0.25) is 0 Å². The van der Waals surface area contributed by atoms with Gasteiger partial charge in [-0.1, -0.05) is 11.6 Å². The Bertz CT molecular complexity index is 598. The molecule has 0 saturated carbocycles. The predicted octanol–water partition coefficient (Wildman–Crippen LogP) is 3.53. The largest absolute Gasteiger partial charge is 0.457 e. The van der Waals surface area contributed by atoms with E-state index in [1.54, 1.807) is 18.2 Å². The van der Waals surface area contributed by atoms with Gasteiger partial charge in [-0.15, -0.1) is 0 Å². The van der Waals surface area contributed by atoms with E-state index in [0.29, 0.717) is 22.1 Å². The molecular weight excluding hydrogens is 270 g/mol. The van der Waals surface area contributed by atoms with Crippen LogP contribution in [0.3, 0.4) is 0 Å². The number of nitro groups is 1. The van der Waals surface area contributed by atoms with Crippen LogP contribution in [-0.4, -0.2) is 10.0 Å². The second-order valence-electron chi connectivity index (χ2n) is 3.76. The molecule has 0 heterocycles. The van der Waals surface area contributed by atoms with Gasteiger partial charge in [0.15, 0.2) is 0 Å². The molecule has 98 valence electrons. The van der Waals surface area contributed by atoms with Gasteiger partial charge in [0, 0.05) is 22.7 Å². The molecule has 0 aliphatic carbocycles. The van der Waals surface area contributed by atoms with Crippen LogP contribution in [0.1, 0.15) is 5.56 Å². The molecule has 0 aliphatic rings. The van der Waals surface area contributed by atoms with Crippen molar-refractivity contribution in [1.29, 1.82) is 0 Å². The number of benzene rings is 2. The Kier molecular flexibility index (Phi) is 3.99. The van der Waals surface area contributed by atoms with Crippen LogP contribution in [0.25, 0.3) is 0 Å². The number of nitro benzene ring substituents is 1. The van der Waals surface area contributed by atoms with Crippen molar-refractivity contribution in [2.45, 2.75) is 6.61 Å². The second kappa shape index (κ2) is 5.69. The van der Waals surface area contributed by atoms with E-state index in [-0.39, 0.29) is 12.3 Å². The number of halogens is 1. The van der Waals surface area contributed by atoms with Gasteiger partial charge in [0.1, 0.15) is 11.5 Å². The van der Waals surface area contributed by atoms with Gasteiger partial charge < -0.3 is 9.84 Å². The van der Waals surface area contributed by atoms with E-state index in [9.17, 15) is 15.2 Å². The van der Waals surface area contributed by atoms with Crippen LogP contribution < -0.4 is 4.74 Å². The van der Waals surface area contributed by atoms with Crippen LogP contribution in [0.2, 0.25) is 5.02 Å². The number of hydrogen-bond acceptors (Lipinski definition) is 4. The molecule has 2 rings (SSSR count). The number of rotatable bonds is 4. The molecule has 0 aliphatic heterocycles. The average molecular weight is 280 g/mol. The topological polar surface area (TPSA) is 72.6 Å². The summed E-state index contributed by atoms with van der Waals surface area (Å²) in [6.45, 7) is -0.205. The maximum absolute atomic E-state index is 10.5. The SMILES string of the molecule is O=[N+]([O-])c1ccc(Oc2ccc(Cl)cc2CO)cc1. The Hall–Kier alpha value is -2.11. The lowest BCUT2D eigenvalue weighted by Gasteiger charge is -2.09. The minimum absolute atomic E-state index is 0.00848. The summed E-state index contributed by atoms with van der Waals surface area (Å²) in [4.78, 5) is 10.0. The fourth-order valence-corrected chi connectivity index (χ4v) is 1.73. The normalized spacial score (nSPS) is 10.2. The van der Waals surface area contributed by atoms with Gasteiger partial charge >= 0.3 is 0 Å². The van der Waals surface area contributed by atoms with E-state index in [0.717, 1.165) is 0 Å². The van der Waals surface area contributed by atoms with E-state index < -0.39 is 4.92 Å². The number of nitrogens with zero attached hydrogens (tertiary/aromatic N) is 1. The van der Waals surface area contributed by atoms with E-state index in [2.05, 4.69) is 0 Å². The number of aliphatic hydroxyl groups is 1. The highest BCUT2D eigenvalue weighted by molar-refractivity contribution is 6.30. The monoisotopic (exact) mass is 279 g/mol. The van der Waals surface area contributed by atoms with Crippen molar-refractivity contribution in [3.8, 4) is 11.5 Å². The fourth-order valence-electron chi connectivity index (χ4n) is 1.53. The Balaban J connectivity index is 2.23. The minimum atomic E-state index is -0.481. The summed E-state index contributed by atoms with van der Waals surface area (Å²) < 4.78 is 5.55. The average Bonchev–Trinajstić information content (AvgIpc) is 2.41. The molecule has 0 aromatic heterocycles. The zero-order valence-electron chi connectivity index (χ0n) is 9.75. The molecule has 5 nitrogen and oxygen atoms in total. The highest BCUT2D eigenvalue weighted by Gasteiger charge is 2.08. The van der Waals surface area contributed by atoms with Gasteiger partial charge in [-0.05, 0) is 30.3 Å². The summed E-state index contributed by atoms with van der Waals surface area (Å²) >= 11 is 5.81. The number of ether oxygens (including phenoxy) is 1. The number of non-ortho nitro benzene ring substituents is 1. The highest BCUT2D eigenvalue weighted by atomic mass is 35.5. The van der Waals surface area contributed by atoms with E-state index in [4.69, 9.17) is 16.3 Å². The van der Waals surface area contributed by atoms with E-state index >= 15 is 0 Å². The highest BCUT2D eigenvalue weighted by Crippen LogP contribution is 2.28. The predicted molar refractivity (Wildman–Crippen MR) is 70.5 cm³/mol.